The van der Waals surface area contributed by atoms with Crippen LogP contribution in [-0.4, -0.2) is 25.7 Å². The largest absolute Gasteiger partial charge is 0.315 e. The fraction of sp³-hybridized carbons (Fsp3) is 1.00. The molecule has 2 nitrogen and oxygen atoms in total. The van der Waals surface area contributed by atoms with E-state index in [-0.39, 0.29) is 0 Å². The molecule has 2 heteroatoms. The van der Waals surface area contributed by atoms with E-state index in [1.54, 1.807) is 0 Å². The van der Waals surface area contributed by atoms with Crippen LogP contribution in [0.3, 0.4) is 0 Å². The number of nitrogens with one attached hydrogen (secondary N) is 2. The van der Waals surface area contributed by atoms with Crippen LogP contribution in [0.15, 0.2) is 0 Å². The molecule has 24 heavy (non-hydrogen) atoms. The number of fused-ring (bicyclic) bond motifs is 4. The fourth-order valence-corrected chi connectivity index (χ4v) is 7.26. The summed E-state index contributed by atoms with van der Waals surface area (Å²) in [5.74, 6) is 5.74. The van der Waals surface area contributed by atoms with Crippen molar-refractivity contribution in [1.82, 2.24) is 10.6 Å². The van der Waals surface area contributed by atoms with Gasteiger partial charge in [0.25, 0.3) is 0 Å². The Morgan fingerprint density at radius 1 is 0.833 bits per heavy atom. The standard InChI is InChI=1S/C22H40N2/c1-14-18-11-17(22(18,4)5)12-20(14)24-9-8-23-13-15-6-7-16-10-19(15)21(16,2)3/h14-20,23-24H,6-13H2,1-5H3/t14-,15-,16+,17-,18+,19+,20-/m0/s1. The van der Waals surface area contributed by atoms with Gasteiger partial charge >= 0.3 is 0 Å². The van der Waals surface area contributed by atoms with Crippen LogP contribution in [-0.2, 0) is 0 Å². The Morgan fingerprint density at radius 3 is 2.17 bits per heavy atom. The minimum atomic E-state index is 0.615. The van der Waals surface area contributed by atoms with Gasteiger partial charge in [0.05, 0.1) is 0 Å². The van der Waals surface area contributed by atoms with Crippen molar-refractivity contribution in [2.75, 3.05) is 19.6 Å². The molecule has 0 unspecified atom stereocenters. The van der Waals surface area contributed by atoms with Crippen LogP contribution >= 0.6 is 0 Å². The molecule has 0 saturated heterocycles. The highest BCUT2D eigenvalue weighted by Gasteiger charge is 2.56. The van der Waals surface area contributed by atoms with Crippen LogP contribution in [0.25, 0.3) is 0 Å². The minimum Gasteiger partial charge on any atom is -0.315 e. The molecule has 6 rings (SSSR count). The Balaban J connectivity index is 1.15. The summed E-state index contributed by atoms with van der Waals surface area (Å²) in [5, 5.41) is 7.66. The Hall–Kier alpha value is -0.0800. The summed E-state index contributed by atoms with van der Waals surface area (Å²) in [6, 6.07) is 0.768. The molecule has 0 aromatic rings. The van der Waals surface area contributed by atoms with Gasteiger partial charge in [-0.1, -0.05) is 34.6 Å². The molecule has 2 N–H and O–H groups in total. The maximum atomic E-state index is 3.88. The van der Waals surface area contributed by atoms with Gasteiger partial charge < -0.3 is 10.6 Å². The molecule has 0 heterocycles. The Morgan fingerprint density at radius 2 is 1.54 bits per heavy atom. The lowest BCUT2D eigenvalue weighted by atomic mass is 9.45. The van der Waals surface area contributed by atoms with E-state index in [2.05, 4.69) is 45.3 Å². The van der Waals surface area contributed by atoms with E-state index >= 15 is 0 Å². The molecule has 6 aliphatic rings. The van der Waals surface area contributed by atoms with Crippen molar-refractivity contribution < 1.29 is 0 Å². The van der Waals surface area contributed by atoms with E-state index in [4.69, 9.17) is 0 Å². The van der Waals surface area contributed by atoms with Gasteiger partial charge in [0.15, 0.2) is 0 Å². The molecule has 0 radical (unpaired) electrons. The molecule has 0 aromatic carbocycles. The Kier molecular flexibility index (Phi) is 4.32. The van der Waals surface area contributed by atoms with Gasteiger partial charge in [0, 0.05) is 19.1 Å². The molecule has 6 saturated carbocycles. The minimum absolute atomic E-state index is 0.615. The Bertz CT molecular complexity index is 467. The third-order valence-corrected chi connectivity index (χ3v) is 9.47. The van der Waals surface area contributed by atoms with Gasteiger partial charge in [-0.15, -0.1) is 0 Å². The van der Waals surface area contributed by atoms with E-state index in [9.17, 15) is 0 Å². The second-order valence-corrected chi connectivity index (χ2v) is 10.9. The number of rotatable bonds is 6. The zero-order valence-electron chi connectivity index (χ0n) is 16.7. The van der Waals surface area contributed by atoms with Crippen molar-refractivity contribution in [1.29, 1.82) is 0 Å². The van der Waals surface area contributed by atoms with Gasteiger partial charge in [-0.2, -0.15) is 0 Å². The number of hydrogen-bond donors (Lipinski definition) is 2. The number of hydrogen-bond acceptors (Lipinski definition) is 2. The first-order chi connectivity index (χ1) is 11.3. The molecule has 0 amide bonds. The molecule has 138 valence electrons. The van der Waals surface area contributed by atoms with Crippen LogP contribution in [0.5, 0.6) is 0 Å². The van der Waals surface area contributed by atoms with E-state index in [0.717, 1.165) is 54.6 Å². The zero-order valence-corrected chi connectivity index (χ0v) is 16.7. The summed E-state index contributed by atoms with van der Waals surface area (Å²) in [5.41, 5.74) is 1.25. The first-order valence-electron chi connectivity index (χ1n) is 10.8. The van der Waals surface area contributed by atoms with Crippen molar-refractivity contribution in [2.45, 2.75) is 72.8 Å². The molecule has 0 aliphatic heterocycles. The third kappa shape index (κ3) is 2.58. The normalized spacial score (nSPS) is 47.6. The highest BCUT2D eigenvalue weighted by molar-refractivity contribution is 5.07. The summed E-state index contributed by atoms with van der Waals surface area (Å²) < 4.78 is 0. The highest BCUT2D eigenvalue weighted by Crippen LogP contribution is 2.62. The van der Waals surface area contributed by atoms with Crippen molar-refractivity contribution >= 4 is 0 Å². The maximum Gasteiger partial charge on any atom is 0.00989 e. The molecule has 6 aliphatic carbocycles. The molecular weight excluding hydrogens is 292 g/mol. The van der Waals surface area contributed by atoms with E-state index in [0.29, 0.717) is 10.8 Å². The van der Waals surface area contributed by atoms with Crippen molar-refractivity contribution in [3.63, 3.8) is 0 Å². The van der Waals surface area contributed by atoms with Crippen molar-refractivity contribution in [2.24, 2.45) is 46.3 Å². The average molecular weight is 333 g/mol. The maximum absolute atomic E-state index is 3.88. The van der Waals surface area contributed by atoms with E-state index < -0.39 is 0 Å². The second kappa shape index (κ2) is 5.98. The fourth-order valence-electron chi connectivity index (χ4n) is 7.26. The lowest BCUT2D eigenvalue weighted by Crippen LogP contribution is -2.60. The predicted molar refractivity (Wildman–Crippen MR) is 102 cm³/mol. The second-order valence-electron chi connectivity index (χ2n) is 10.9. The summed E-state index contributed by atoms with van der Waals surface area (Å²) in [6.07, 6.45) is 7.36. The van der Waals surface area contributed by atoms with Crippen LogP contribution in [0.2, 0.25) is 0 Å². The van der Waals surface area contributed by atoms with Crippen LogP contribution in [0.4, 0.5) is 0 Å². The van der Waals surface area contributed by atoms with Gasteiger partial charge in [0.2, 0.25) is 0 Å². The van der Waals surface area contributed by atoms with Gasteiger partial charge in [-0.05, 0) is 85.0 Å². The van der Waals surface area contributed by atoms with Crippen LogP contribution in [0.1, 0.15) is 66.7 Å². The summed E-state index contributed by atoms with van der Waals surface area (Å²) in [7, 11) is 0. The smallest absolute Gasteiger partial charge is 0.00989 e. The SMILES string of the molecule is C[C@@H]1[C@@H](NCCNC[C@@H]2CC[C@@H]3C[C@H]2C3(C)C)C[C@@H]2C[C@H]1C2(C)C. The lowest BCUT2D eigenvalue weighted by molar-refractivity contribution is -0.115. The molecule has 7 atom stereocenters. The summed E-state index contributed by atoms with van der Waals surface area (Å²) in [6.45, 7) is 16.1. The molecule has 4 bridgehead atoms. The monoisotopic (exact) mass is 332 g/mol. The summed E-state index contributed by atoms with van der Waals surface area (Å²) in [4.78, 5) is 0. The first-order valence-corrected chi connectivity index (χ1v) is 10.8. The Labute approximate surface area is 149 Å². The molecule has 0 spiro atoms. The van der Waals surface area contributed by atoms with Gasteiger partial charge in [0.1, 0.15) is 0 Å². The first kappa shape index (κ1) is 17.3. The lowest BCUT2D eigenvalue weighted by Gasteiger charge is -2.62. The molecular formula is C22H40N2. The molecule has 6 fully saturated rings. The van der Waals surface area contributed by atoms with E-state index in [1.807, 2.05) is 0 Å². The summed E-state index contributed by atoms with van der Waals surface area (Å²) >= 11 is 0. The van der Waals surface area contributed by atoms with Crippen molar-refractivity contribution in [3.05, 3.63) is 0 Å². The zero-order chi connectivity index (χ0) is 17.1. The van der Waals surface area contributed by atoms with E-state index in [1.165, 1.54) is 38.6 Å². The third-order valence-electron chi connectivity index (χ3n) is 9.47. The van der Waals surface area contributed by atoms with Gasteiger partial charge in [-0.3, -0.25) is 0 Å². The van der Waals surface area contributed by atoms with Crippen molar-refractivity contribution in [3.8, 4) is 0 Å². The van der Waals surface area contributed by atoms with Gasteiger partial charge in [-0.25, -0.2) is 0 Å². The van der Waals surface area contributed by atoms with Crippen LogP contribution < -0.4 is 10.6 Å². The predicted octanol–water partition coefficient (Wildman–Crippen LogP) is 4.31. The highest BCUT2D eigenvalue weighted by atomic mass is 15.0. The molecule has 0 aromatic heterocycles. The van der Waals surface area contributed by atoms with Crippen LogP contribution in [0, 0.1) is 46.3 Å². The quantitative estimate of drug-likeness (QED) is 0.708. The topological polar surface area (TPSA) is 24.1 Å². The average Bonchev–Trinajstić information content (AvgIpc) is 2.55.